The van der Waals surface area contributed by atoms with Crippen LogP contribution in [-0.2, 0) is 13.6 Å². The normalized spacial score (nSPS) is 15.1. The SMILES string of the molecule is CCCC(C)(O)CNCc1cnn(C)c1C. The zero-order valence-corrected chi connectivity index (χ0v) is 10.7. The second kappa shape index (κ2) is 5.46. The molecule has 0 fully saturated rings. The minimum Gasteiger partial charge on any atom is -0.389 e. The van der Waals surface area contributed by atoms with E-state index in [2.05, 4.69) is 17.3 Å². The second-order valence-electron chi connectivity index (χ2n) is 4.73. The lowest BCUT2D eigenvalue weighted by atomic mass is 10.0. The lowest BCUT2D eigenvalue weighted by Crippen LogP contribution is -2.37. The molecule has 1 rings (SSSR count). The van der Waals surface area contributed by atoms with Crippen molar-refractivity contribution in [3.8, 4) is 0 Å². The van der Waals surface area contributed by atoms with Crippen LogP contribution in [0.1, 0.15) is 37.9 Å². The Morgan fingerprint density at radius 1 is 1.56 bits per heavy atom. The highest BCUT2D eigenvalue weighted by molar-refractivity contribution is 5.15. The fraction of sp³-hybridized carbons (Fsp3) is 0.750. The fourth-order valence-corrected chi connectivity index (χ4v) is 1.81. The average molecular weight is 225 g/mol. The Morgan fingerprint density at radius 2 is 2.25 bits per heavy atom. The van der Waals surface area contributed by atoms with Crippen molar-refractivity contribution < 1.29 is 5.11 Å². The second-order valence-corrected chi connectivity index (χ2v) is 4.73. The van der Waals surface area contributed by atoms with E-state index in [4.69, 9.17) is 0 Å². The van der Waals surface area contributed by atoms with Crippen LogP contribution in [-0.4, -0.2) is 27.0 Å². The van der Waals surface area contributed by atoms with Gasteiger partial charge in [-0.2, -0.15) is 5.10 Å². The van der Waals surface area contributed by atoms with E-state index in [0.29, 0.717) is 6.54 Å². The van der Waals surface area contributed by atoms with Gasteiger partial charge in [0.15, 0.2) is 0 Å². The van der Waals surface area contributed by atoms with E-state index in [1.165, 1.54) is 11.3 Å². The van der Waals surface area contributed by atoms with E-state index in [0.717, 1.165) is 19.4 Å². The molecule has 4 nitrogen and oxygen atoms in total. The van der Waals surface area contributed by atoms with Gasteiger partial charge in [-0.25, -0.2) is 0 Å². The summed E-state index contributed by atoms with van der Waals surface area (Å²) in [5.74, 6) is 0. The van der Waals surface area contributed by atoms with Crippen LogP contribution in [0.25, 0.3) is 0 Å². The molecule has 0 bridgehead atoms. The van der Waals surface area contributed by atoms with Gasteiger partial charge in [0.05, 0.1) is 11.8 Å². The van der Waals surface area contributed by atoms with Crippen LogP contribution >= 0.6 is 0 Å². The molecule has 1 aromatic rings. The van der Waals surface area contributed by atoms with Crippen LogP contribution in [0.15, 0.2) is 6.20 Å². The molecule has 0 aliphatic rings. The maximum atomic E-state index is 9.98. The highest BCUT2D eigenvalue weighted by atomic mass is 16.3. The van der Waals surface area contributed by atoms with Gasteiger partial charge in [-0.1, -0.05) is 13.3 Å². The highest BCUT2D eigenvalue weighted by Crippen LogP contribution is 2.11. The first-order chi connectivity index (χ1) is 7.46. The molecule has 0 amide bonds. The van der Waals surface area contributed by atoms with Crippen LogP contribution in [0.3, 0.4) is 0 Å². The number of aromatic nitrogens is 2. The summed E-state index contributed by atoms with van der Waals surface area (Å²) in [6, 6.07) is 0. The largest absolute Gasteiger partial charge is 0.389 e. The number of aryl methyl sites for hydroxylation is 1. The smallest absolute Gasteiger partial charge is 0.0743 e. The molecule has 16 heavy (non-hydrogen) atoms. The van der Waals surface area contributed by atoms with Gasteiger partial charge >= 0.3 is 0 Å². The summed E-state index contributed by atoms with van der Waals surface area (Å²) in [7, 11) is 1.94. The molecule has 92 valence electrons. The molecule has 0 aliphatic carbocycles. The molecule has 0 spiro atoms. The van der Waals surface area contributed by atoms with E-state index in [1.807, 2.05) is 31.8 Å². The van der Waals surface area contributed by atoms with Crippen LogP contribution in [0.2, 0.25) is 0 Å². The average Bonchev–Trinajstić information content (AvgIpc) is 2.49. The van der Waals surface area contributed by atoms with Crippen molar-refractivity contribution in [3.05, 3.63) is 17.5 Å². The lowest BCUT2D eigenvalue weighted by Gasteiger charge is -2.22. The minimum atomic E-state index is -0.606. The van der Waals surface area contributed by atoms with E-state index < -0.39 is 5.60 Å². The van der Waals surface area contributed by atoms with Crippen molar-refractivity contribution in [1.29, 1.82) is 0 Å². The van der Waals surface area contributed by atoms with Crippen molar-refractivity contribution >= 4 is 0 Å². The summed E-state index contributed by atoms with van der Waals surface area (Å²) in [5, 5.41) is 17.4. The molecule has 0 radical (unpaired) electrons. The molecule has 1 atom stereocenters. The summed E-state index contributed by atoms with van der Waals surface area (Å²) in [5.41, 5.74) is 1.75. The van der Waals surface area contributed by atoms with Crippen molar-refractivity contribution in [2.24, 2.45) is 7.05 Å². The van der Waals surface area contributed by atoms with E-state index in [9.17, 15) is 5.11 Å². The molecule has 4 heteroatoms. The third-order valence-electron chi connectivity index (χ3n) is 2.95. The lowest BCUT2D eigenvalue weighted by molar-refractivity contribution is 0.0498. The standard InChI is InChI=1S/C12H23N3O/c1-5-6-12(3,16)9-13-7-11-8-14-15(4)10(11)2/h8,13,16H,5-7,9H2,1-4H3. The molecule has 0 saturated carbocycles. The molecule has 1 heterocycles. The zero-order valence-electron chi connectivity index (χ0n) is 10.7. The van der Waals surface area contributed by atoms with Crippen molar-refractivity contribution in [2.45, 2.75) is 45.8 Å². The molecule has 0 aliphatic heterocycles. The van der Waals surface area contributed by atoms with Crippen LogP contribution in [0.5, 0.6) is 0 Å². The first kappa shape index (κ1) is 13.2. The number of nitrogens with one attached hydrogen (secondary N) is 1. The molecule has 2 N–H and O–H groups in total. The molecule has 0 saturated heterocycles. The van der Waals surface area contributed by atoms with Gasteiger partial charge in [0.1, 0.15) is 0 Å². The third-order valence-corrected chi connectivity index (χ3v) is 2.95. The first-order valence-corrected chi connectivity index (χ1v) is 5.87. The van der Waals surface area contributed by atoms with Gasteiger partial charge in [-0.3, -0.25) is 4.68 Å². The summed E-state index contributed by atoms with van der Waals surface area (Å²) < 4.78 is 1.86. The Bertz CT molecular complexity index is 331. The maximum Gasteiger partial charge on any atom is 0.0743 e. The topological polar surface area (TPSA) is 50.1 Å². The minimum absolute atomic E-state index is 0.606. The van der Waals surface area contributed by atoms with Crippen molar-refractivity contribution in [3.63, 3.8) is 0 Å². The van der Waals surface area contributed by atoms with Crippen LogP contribution < -0.4 is 5.32 Å². The van der Waals surface area contributed by atoms with E-state index in [1.54, 1.807) is 0 Å². The zero-order chi connectivity index (χ0) is 12.2. The summed E-state index contributed by atoms with van der Waals surface area (Å²) >= 11 is 0. The Kier molecular flexibility index (Phi) is 4.50. The Labute approximate surface area is 97.7 Å². The van der Waals surface area contributed by atoms with E-state index >= 15 is 0 Å². The van der Waals surface area contributed by atoms with Crippen molar-refractivity contribution in [2.75, 3.05) is 6.54 Å². The number of nitrogens with zero attached hydrogens (tertiary/aromatic N) is 2. The van der Waals surface area contributed by atoms with Gasteiger partial charge in [0.25, 0.3) is 0 Å². The predicted molar refractivity (Wildman–Crippen MR) is 65.2 cm³/mol. The number of rotatable bonds is 6. The maximum absolute atomic E-state index is 9.98. The number of hydrogen-bond donors (Lipinski definition) is 2. The first-order valence-electron chi connectivity index (χ1n) is 5.87. The molecule has 0 aromatic carbocycles. The molecule has 1 unspecified atom stereocenters. The van der Waals surface area contributed by atoms with Gasteiger partial charge in [-0.05, 0) is 20.3 Å². The van der Waals surface area contributed by atoms with Gasteiger partial charge in [0.2, 0.25) is 0 Å². The van der Waals surface area contributed by atoms with Gasteiger partial charge < -0.3 is 10.4 Å². The summed E-state index contributed by atoms with van der Waals surface area (Å²) in [6.45, 7) is 7.39. The van der Waals surface area contributed by atoms with Crippen LogP contribution in [0, 0.1) is 6.92 Å². The Morgan fingerprint density at radius 3 is 2.75 bits per heavy atom. The Hall–Kier alpha value is -0.870. The van der Waals surface area contributed by atoms with Crippen LogP contribution in [0.4, 0.5) is 0 Å². The number of aliphatic hydroxyl groups is 1. The van der Waals surface area contributed by atoms with Crippen molar-refractivity contribution in [1.82, 2.24) is 15.1 Å². The molecular formula is C12H23N3O. The highest BCUT2D eigenvalue weighted by Gasteiger charge is 2.18. The van der Waals surface area contributed by atoms with E-state index in [-0.39, 0.29) is 0 Å². The Balaban J connectivity index is 2.38. The van der Waals surface area contributed by atoms with Gasteiger partial charge in [-0.15, -0.1) is 0 Å². The molecule has 1 aromatic heterocycles. The van der Waals surface area contributed by atoms with Gasteiger partial charge in [0, 0.05) is 31.4 Å². The number of hydrogen-bond acceptors (Lipinski definition) is 3. The third kappa shape index (κ3) is 3.61. The monoisotopic (exact) mass is 225 g/mol. The quantitative estimate of drug-likeness (QED) is 0.769. The predicted octanol–water partition coefficient (Wildman–Crippen LogP) is 1.37. The fourth-order valence-electron chi connectivity index (χ4n) is 1.81. The summed E-state index contributed by atoms with van der Waals surface area (Å²) in [4.78, 5) is 0. The summed E-state index contributed by atoms with van der Waals surface area (Å²) in [6.07, 6.45) is 3.70. The molecular weight excluding hydrogens is 202 g/mol.